The fraction of sp³-hybridized carbons (Fsp3) is 0.611. The molecule has 4 heteroatoms. The minimum absolute atomic E-state index is 0.0124. The number of aliphatic hydroxyl groups is 1. The molecule has 1 aromatic rings. The van der Waals surface area contributed by atoms with E-state index in [4.69, 9.17) is 4.74 Å². The predicted octanol–water partition coefficient (Wildman–Crippen LogP) is 3.55. The lowest BCUT2D eigenvalue weighted by molar-refractivity contribution is 0.0500. The first-order valence-electron chi connectivity index (χ1n) is 7.88. The lowest BCUT2D eigenvalue weighted by Gasteiger charge is -2.34. The predicted molar refractivity (Wildman–Crippen MR) is 89.1 cm³/mol. The molecular weight excluding hydrogens is 278 g/mol. The summed E-state index contributed by atoms with van der Waals surface area (Å²) in [6.45, 7) is 9.95. The Kier molecular flexibility index (Phi) is 6.42. The first-order chi connectivity index (χ1) is 10.2. The fourth-order valence-corrected chi connectivity index (χ4v) is 2.74. The first-order valence-corrected chi connectivity index (χ1v) is 7.88. The first kappa shape index (κ1) is 18.5. The van der Waals surface area contributed by atoms with Gasteiger partial charge in [0.1, 0.15) is 5.60 Å². The molecule has 0 aliphatic heterocycles. The monoisotopic (exact) mass is 307 g/mol. The molecule has 0 saturated heterocycles. The fourth-order valence-electron chi connectivity index (χ4n) is 2.74. The van der Waals surface area contributed by atoms with E-state index in [1.807, 2.05) is 52.0 Å². The van der Waals surface area contributed by atoms with Crippen molar-refractivity contribution in [2.24, 2.45) is 0 Å². The highest BCUT2D eigenvalue weighted by atomic mass is 16.6. The summed E-state index contributed by atoms with van der Waals surface area (Å²) in [6.07, 6.45) is 1.27. The number of ether oxygens (including phenoxy) is 1. The Morgan fingerprint density at radius 3 is 2.41 bits per heavy atom. The molecule has 1 aromatic carbocycles. The smallest absolute Gasteiger partial charge is 0.407 e. The van der Waals surface area contributed by atoms with Gasteiger partial charge in [0, 0.05) is 12.0 Å². The van der Waals surface area contributed by atoms with Gasteiger partial charge < -0.3 is 15.2 Å². The highest BCUT2D eigenvalue weighted by Gasteiger charge is 2.33. The second kappa shape index (κ2) is 7.63. The maximum Gasteiger partial charge on any atom is 0.407 e. The van der Waals surface area contributed by atoms with Gasteiger partial charge in [0.05, 0.1) is 6.61 Å². The lowest BCUT2D eigenvalue weighted by atomic mass is 9.75. The van der Waals surface area contributed by atoms with E-state index in [-0.39, 0.29) is 6.61 Å². The van der Waals surface area contributed by atoms with Crippen LogP contribution in [0.2, 0.25) is 0 Å². The van der Waals surface area contributed by atoms with Gasteiger partial charge in [-0.25, -0.2) is 4.79 Å². The summed E-state index contributed by atoms with van der Waals surface area (Å²) in [5, 5.41) is 12.9. The van der Waals surface area contributed by atoms with Gasteiger partial charge in [-0.3, -0.25) is 0 Å². The van der Waals surface area contributed by atoms with Crippen LogP contribution in [-0.4, -0.2) is 30.0 Å². The number of hydrogen-bond donors (Lipinski definition) is 2. The van der Waals surface area contributed by atoms with Gasteiger partial charge in [-0.05, 0) is 45.2 Å². The molecule has 1 rings (SSSR count). The zero-order valence-corrected chi connectivity index (χ0v) is 14.4. The number of alkyl carbamates (subject to hydrolysis) is 1. The SMILES string of the molecule is CCCC(CO)(CNC(=O)OC(C)(C)C)c1ccccc1C. The molecule has 1 amide bonds. The Bertz CT molecular complexity index is 493. The number of hydrogen-bond acceptors (Lipinski definition) is 3. The number of benzene rings is 1. The highest BCUT2D eigenvalue weighted by molar-refractivity contribution is 5.68. The average Bonchev–Trinajstić information content (AvgIpc) is 2.42. The molecule has 1 atom stereocenters. The number of amides is 1. The van der Waals surface area contributed by atoms with Gasteiger partial charge in [0.2, 0.25) is 0 Å². The van der Waals surface area contributed by atoms with E-state index in [9.17, 15) is 9.90 Å². The molecule has 0 saturated carbocycles. The Balaban J connectivity index is 2.94. The summed E-state index contributed by atoms with van der Waals surface area (Å²) >= 11 is 0. The van der Waals surface area contributed by atoms with Crippen LogP contribution in [-0.2, 0) is 10.2 Å². The van der Waals surface area contributed by atoms with Gasteiger partial charge in [-0.2, -0.15) is 0 Å². The van der Waals surface area contributed by atoms with Crippen LogP contribution in [0.4, 0.5) is 4.79 Å². The normalized spacial score (nSPS) is 14.3. The topological polar surface area (TPSA) is 58.6 Å². The van der Waals surface area contributed by atoms with E-state index in [1.165, 1.54) is 0 Å². The van der Waals surface area contributed by atoms with Crippen LogP contribution < -0.4 is 5.32 Å². The van der Waals surface area contributed by atoms with Crippen molar-refractivity contribution < 1.29 is 14.6 Å². The molecule has 0 aromatic heterocycles. The largest absolute Gasteiger partial charge is 0.444 e. The zero-order chi connectivity index (χ0) is 16.8. The average molecular weight is 307 g/mol. The third-order valence-corrected chi connectivity index (χ3v) is 3.72. The van der Waals surface area contributed by atoms with Gasteiger partial charge in [0.25, 0.3) is 0 Å². The maximum atomic E-state index is 11.9. The molecule has 124 valence electrons. The van der Waals surface area contributed by atoms with Crippen LogP contribution in [0, 0.1) is 6.92 Å². The number of aliphatic hydroxyl groups excluding tert-OH is 1. The highest BCUT2D eigenvalue weighted by Crippen LogP contribution is 2.31. The summed E-state index contributed by atoms with van der Waals surface area (Å²) in [6, 6.07) is 8.00. The van der Waals surface area contributed by atoms with E-state index in [1.54, 1.807) is 0 Å². The second-order valence-corrected chi connectivity index (χ2v) is 6.86. The van der Waals surface area contributed by atoms with E-state index in [0.717, 1.165) is 24.0 Å². The number of carbonyl (C=O) groups is 1. The Morgan fingerprint density at radius 2 is 1.91 bits per heavy atom. The van der Waals surface area contributed by atoms with E-state index < -0.39 is 17.1 Å². The summed E-state index contributed by atoms with van der Waals surface area (Å²) in [5.41, 5.74) is 1.20. The molecule has 0 spiro atoms. The molecule has 0 aliphatic carbocycles. The van der Waals surface area contributed by atoms with E-state index in [0.29, 0.717) is 6.54 Å². The molecule has 2 N–H and O–H groups in total. The molecule has 1 unspecified atom stereocenters. The maximum absolute atomic E-state index is 11.9. The molecule has 0 fully saturated rings. The van der Waals surface area contributed by atoms with E-state index >= 15 is 0 Å². The summed E-state index contributed by atoms with van der Waals surface area (Å²) in [4.78, 5) is 11.9. The van der Waals surface area contributed by atoms with Crippen LogP contribution in [0.5, 0.6) is 0 Å². The molecule has 0 aliphatic rings. The van der Waals surface area contributed by atoms with Crippen molar-refractivity contribution in [3.05, 3.63) is 35.4 Å². The van der Waals surface area contributed by atoms with Crippen molar-refractivity contribution in [3.8, 4) is 0 Å². The molecule has 0 radical (unpaired) electrons. The standard InChI is InChI=1S/C18H29NO3/c1-6-11-18(13-20,15-10-8-7-9-14(15)2)12-19-16(21)22-17(3,4)5/h7-10,20H,6,11-13H2,1-5H3,(H,19,21). The Labute approximate surface area is 133 Å². The number of carbonyl (C=O) groups excluding carboxylic acids is 1. The third kappa shape index (κ3) is 5.02. The quantitative estimate of drug-likeness (QED) is 0.845. The molecular formula is C18H29NO3. The minimum atomic E-state index is -0.528. The zero-order valence-electron chi connectivity index (χ0n) is 14.4. The van der Waals surface area contributed by atoms with Gasteiger partial charge in [0.15, 0.2) is 0 Å². The lowest BCUT2D eigenvalue weighted by Crippen LogP contribution is -2.45. The second-order valence-electron chi connectivity index (χ2n) is 6.86. The van der Waals surface area contributed by atoms with E-state index in [2.05, 4.69) is 12.2 Å². The Hall–Kier alpha value is -1.55. The van der Waals surface area contributed by atoms with Crippen LogP contribution in [0.15, 0.2) is 24.3 Å². The van der Waals surface area contributed by atoms with Crippen LogP contribution in [0.3, 0.4) is 0 Å². The van der Waals surface area contributed by atoms with Crippen LogP contribution in [0.1, 0.15) is 51.7 Å². The minimum Gasteiger partial charge on any atom is -0.444 e. The molecule has 0 heterocycles. The summed E-state index contributed by atoms with van der Waals surface area (Å²) in [5.74, 6) is 0. The third-order valence-electron chi connectivity index (χ3n) is 3.72. The van der Waals surface area contributed by atoms with Crippen LogP contribution >= 0.6 is 0 Å². The summed E-state index contributed by atoms with van der Waals surface area (Å²) in [7, 11) is 0. The molecule has 0 bridgehead atoms. The van der Waals surface area contributed by atoms with Gasteiger partial charge >= 0.3 is 6.09 Å². The van der Waals surface area contributed by atoms with Crippen molar-refractivity contribution in [2.75, 3.05) is 13.2 Å². The van der Waals surface area contributed by atoms with Crippen molar-refractivity contribution in [1.29, 1.82) is 0 Å². The Morgan fingerprint density at radius 1 is 1.27 bits per heavy atom. The van der Waals surface area contributed by atoms with Gasteiger partial charge in [-0.1, -0.05) is 37.6 Å². The van der Waals surface area contributed by atoms with Crippen molar-refractivity contribution in [1.82, 2.24) is 5.32 Å². The molecule has 22 heavy (non-hydrogen) atoms. The number of nitrogens with one attached hydrogen (secondary N) is 1. The van der Waals surface area contributed by atoms with Crippen molar-refractivity contribution >= 4 is 6.09 Å². The van der Waals surface area contributed by atoms with Crippen molar-refractivity contribution in [2.45, 2.75) is 58.5 Å². The molecule has 4 nitrogen and oxygen atoms in total. The van der Waals surface area contributed by atoms with Gasteiger partial charge in [-0.15, -0.1) is 0 Å². The number of rotatable bonds is 6. The summed E-state index contributed by atoms with van der Waals surface area (Å²) < 4.78 is 5.29. The van der Waals surface area contributed by atoms with Crippen molar-refractivity contribution in [3.63, 3.8) is 0 Å². The number of aryl methyl sites for hydroxylation is 1. The van der Waals surface area contributed by atoms with Crippen LogP contribution in [0.25, 0.3) is 0 Å².